The Bertz CT molecular complexity index is 455. The Kier molecular flexibility index (Phi) is 7.97. The maximum atomic E-state index is 13.2. The smallest absolute Gasteiger partial charge is 0.239 e. The molecule has 0 aromatic carbocycles. The monoisotopic (exact) mass is 378 g/mol. The predicted molar refractivity (Wildman–Crippen MR) is 112 cm³/mol. The van der Waals surface area contributed by atoms with Crippen LogP contribution in [0.4, 0.5) is 0 Å². The Morgan fingerprint density at radius 3 is 2.26 bits per heavy atom. The molecule has 0 aromatic heterocycles. The molecule has 0 bridgehead atoms. The topological polar surface area (TPSA) is 30.0 Å². The van der Waals surface area contributed by atoms with Crippen molar-refractivity contribution in [3.8, 4) is 0 Å². The molecule has 1 amide bonds. The molecule has 3 fully saturated rings. The summed E-state index contributed by atoms with van der Waals surface area (Å²) in [7, 11) is 2.24. The third-order valence-corrected chi connectivity index (χ3v) is 7.33. The molecule has 0 saturated carbocycles. The van der Waals surface area contributed by atoms with Gasteiger partial charge in [-0.3, -0.25) is 9.69 Å². The number of carbonyl (C=O) groups is 1. The average Bonchev–Trinajstić information content (AvgIpc) is 2.72. The van der Waals surface area contributed by atoms with Gasteiger partial charge in [-0.15, -0.1) is 0 Å². The summed E-state index contributed by atoms with van der Waals surface area (Å²) in [4.78, 5) is 23.0. The molecular formula is C22H42N4O. The highest BCUT2D eigenvalue weighted by Gasteiger charge is 2.33. The van der Waals surface area contributed by atoms with Crippen molar-refractivity contribution in [3.63, 3.8) is 0 Å². The van der Waals surface area contributed by atoms with Gasteiger partial charge in [-0.1, -0.05) is 13.3 Å². The van der Waals surface area contributed by atoms with Gasteiger partial charge in [0.15, 0.2) is 0 Å². The number of piperidine rings is 3. The molecule has 0 N–H and O–H groups in total. The van der Waals surface area contributed by atoms with Gasteiger partial charge >= 0.3 is 0 Å². The van der Waals surface area contributed by atoms with Gasteiger partial charge in [0.1, 0.15) is 0 Å². The summed E-state index contributed by atoms with van der Waals surface area (Å²) >= 11 is 0. The SMILES string of the molecule is CCN(CC1CCN(C2CCN(C)CC2)CC1)C(=O)[C@H]1CCCCN1CC. The first-order valence-electron chi connectivity index (χ1n) is 11.6. The quantitative estimate of drug-likeness (QED) is 0.710. The van der Waals surface area contributed by atoms with E-state index in [2.05, 4.69) is 40.5 Å². The van der Waals surface area contributed by atoms with Gasteiger partial charge < -0.3 is 14.7 Å². The second-order valence-corrected chi connectivity index (χ2v) is 9.03. The van der Waals surface area contributed by atoms with E-state index in [9.17, 15) is 4.79 Å². The third-order valence-electron chi connectivity index (χ3n) is 7.33. The lowest BCUT2D eigenvalue weighted by Crippen LogP contribution is -2.52. The minimum atomic E-state index is 0.142. The van der Waals surface area contributed by atoms with E-state index in [4.69, 9.17) is 0 Å². The number of hydrogen-bond acceptors (Lipinski definition) is 4. The van der Waals surface area contributed by atoms with E-state index in [-0.39, 0.29) is 6.04 Å². The first kappa shape index (κ1) is 21.1. The molecule has 0 aromatic rings. The van der Waals surface area contributed by atoms with Crippen molar-refractivity contribution in [3.05, 3.63) is 0 Å². The Labute approximate surface area is 167 Å². The first-order valence-corrected chi connectivity index (χ1v) is 11.6. The molecule has 0 radical (unpaired) electrons. The van der Waals surface area contributed by atoms with Crippen LogP contribution >= 0.6 is 0 Å². The molecule has 0 aliphatic carbocycles. The van der Waals surface area contributed by atoms with Gasteiger partial charge in [0.05, 0.1) is 6.04 Å². The van der Waals surface area contributed by atoms with E-state index in [1.807, 2.05) is 0 Å². The van der Waals surface area contributed by atoms with Crippen molar-refractivity contribution in [2.45, 2.75) is 70.9 Å². The minimum absolute atomic E-state index is 0.142. The number of hydrogen-bond donors (Lipinski definition) is 0. The van der Waals surface area contributed by atoms with Crippen molar-refractivity contribution < 1.29 is 4.79 Å². The summed E-state index contributed by atoms with van der Waals surface area (Å²) in [6.45, 7) is 13.3. The van der Waals surface area contributed by atoms with Crippen molar-refractivity contribution in [2.75, 3.05) is 59.4 Å². The third kappa shape index (κ3) is 5.45. The molecule has 5 heteroatoms. The number of rotatable bonds is 6. The average molecular weight is 379 g/mol. The highest BCUT2D eigenvalue weighted by Crippen LogP contribution is 2.25. The lowest BCUT2D eigenvalue weighted by molar-refractivity contribution is -0.139. The second-order valence-electron chi connectivity index (χ2n) is 9.03. The standard InChI is InChI=1S/C22H42N4O/c1-4-24-13-7-6-8-21(24)22(27)25(5-2)18-19-9-16-26(17-10-19)20-11-14-23(3)15-12-20/h19-21H,4-18H2,1-3H3/t21-/m1/s1. The Morgan fingerprint density at radius 2 is 1.63 bits per heavy atom. The zero-order valence-corrected chi connectivity index (χ0v) is 18.0. The van der Waals surface area contributed by atoms with Crippen LogP contribution < -0.4 is 0 Å². The molecule has 3 saturated heterocycles. The zero-order chi connectivity index (χ0) is 19.2. The number of nitrogens with zero attached hydrogens (tertiary/aromatic N) is 4. The Balaban J connectivity index is 1.47. The number of likely N-dealkylation sites (tertiary alicyclic amines) is 3. The largest absolute Gasteiger partial charge is 0.341 e. The van der Waals surface area contributed by atoms with Gasteiger partial charge in [0.25, 0.3) is 0 Å². The molecule has 27 heavy (non-hydrogen) atoms. The Hall–Kier alpha value is -0.650. The molecule has 0 spiro atoms. The Morgan fingerprint density at radius 1 is 0.926 bits per heavy atom. The van der Waals surface area contributed by atoms with Crippen LogP contribution in [0.5, 0.6) is 0 Å². The van der Waals surface area contributed by atoms with Crippen LogP contribution in [-0.4, -0.2) is 97.0 Å². The molecule has 5 nitrogen and oxygen atoms in total. The van der Waals surface area contributed by atoms with Crippen LogP contribution in [0.25, 0.3) is 0 Å². The lowest BCUT2D eigenvalue weighted by atomic mass is 9.92. The van der Waals surface area contributed by atoms with Gasteiger partial charge in [-0.2, -0.15) is 0 Å². The fourth-order valence-electron chi connectivity index (χ4n) is 5.41. The molecule has 3 aliphatic rings. The lowest BCUT2D eigenvalue weighted by Gasteiger charge is -2.42. The van der Waals surface area contributed by atoms with E-state index in [0.29, 0.717) is 11.8 Å². The van der Waals surface area contributed by atoms with Crippen LogP contribution in [0.1, 0.15) is 58.8 Å². The van der Waals surface area contributed by atoms with E-state index in [1.165, 1.54) is 64.7 Å². The number of amides is 1. The van der Waals surface area contributed by atoms with Crippen LogP contribution in [0, 0.1) is 5.92 Å². The molecule has 3 rings (SSSR count). The fraction of sp³-hybridized carbons (Fsp3) is 0.955. The van der Waals surface area contributed by atoms with Crippen molar-refractivity contribution in [2.24, 2.45) is 5.92 Å². The maximum Gasteiger partial charge on any atom is 0.239 e. The molecule has 3 aliphatic heterocycles. The van der Waals surface area contributed by atoms with E-state index >= 15 is 0 Å². The van der Waals surface area contributed by atoms with Gasteiger partial charge in [-0.25, -0.2) is 0 Å². The van der Waals surface area contributed by atoms with E-state index < -0.39 is 0 Å². The zero-order valence-electron chi connectivity index (χ0n) is 18.0. The number of likely N-dealkylation sites (N-methyl/N-ethyl adjacent to an activating group) is 2. The summed E-state index contributed by atoms with van der Waals surface area (Å²) in [5, 5.41) is 0. The van der Waals surface area contributed by atoms with Crippen LogP contribution in [0.3, 0.4) is 0 Å². The first-order chi connectivity index (χ1) is 13.1. The van der Waals surface area contributed by atoms with Crippen LogP contribution in [0.2, 0.25) is 0 Å². The normalized spacial score (nSPS) is 27.7. The summed E-state index contributed by atoms with van der Waals surface area (Å²) in [6.07, 6.45) is 8.69. The van der Waals surface area contributed by atoms with E-state index in [1.54, 1.807) is 0 Å². The van der Waals surface area contributed by atoms with Crippen molar-refractivity contribution in [1.29, 1.82) is 0 Å². The second kappa shape index (κ2) is 10.2. The highest BCUT2D eigenvalue weighted by molar-refractivity contribution is 5.82. The van der Waals surface area contributed by atoms with Crippen LogP contribution in [0.15, 0.2) is 0 Å². The molecule has 0 unspecified atom stereocenters. The van der Waals surface area contributed by atoms with Gasteiger partial charge in [0, 0.05) is 19.1 Å². The highest BCUT2D eigenvalue weighted by atomic mass is 16.2. The molecule has 1 atom stereocenters. The maximum absolute atomic E-state index is 13.2. The summed E-state index contributed by atoms with van der Waals surface area (Å²) < 4.78 is 0. The number of carbonyl (C=O) groups excluding carboxylic acids is 1. The molecular weight excluding hydrogens is 336 g/mol. The van der Waals surface area contributed by atoms with Gasteiger partial charge in [-0.05, 0) is 97.7 Å². The molecule has 3 heterocycles. The minimum Gasteiger partial charge on any atom is -0.341 e. The van der Waals surface area contributed by atoms with Crippen molar-refractivity contribution >= 4 is 5.91 Å². The predicted octanol–water partition coefficient (Wildman–Crippen LogP) is 2.52. The summed E-state index contributed by atoms with van der Waals surface area (Å²) in [5.74, 6) is 1.09. The van der Waals surface area contributed by atoms with Crippen molar-refractivity contribution in [1.82, 2.24) is 19.6 Å². The fourth-order valence-corrected chi connectivity index (χ4v) is 5.41. The van der Waals surface area contributed by atoms with Crippen LogP contribution in [-0.2, 0) is 4.79 Å². The van der Waals surface area contributed by atoms with E-state index in [0.717, 1.165) is 38.6 Å². The summed E-state index contributed by atoms with van der Waals surface area (Å²) in [5.41, 5.74) is 0. The van der Waals surface area contributed by atoms with Gasteiger partial charge in [0.2, 0.25) is 5.91 Å². The molecule has 156 valence electrons. The summed E-state index contributed by atoms with van der Waals surface area (Å²) in [6, 6.07) is 0.939.